The molecule has 18 heavy (non-hydrogen) atoms. The van der Waals surface area contributed by atoms with E-state index in [1.807, 2.05) is 49.4 Å². The highest BCUT2D eigenvalue weighted by molar-refractivity contribution is 6.11. The summed E-state index contributed by atoms with van der Waals surface area (Å²) >= 11 is 0. The number of carbonyl (C=O) groups is 1. The molecule has 0 unspecified atom stereocenters. The summed E-state index contributed by atoms with van der Waals surface area (Å²) in [5, 5.41) is 0.953. The van der Waals surface area contributed by atoms with Crippen LogP contribution in [0.3, 0.4) is 0 Å². The van der Waals surface area contributed by atoms with Crippen molar-refractivity contribution in [2.24, 2.45) is 0 Å². The van der Waals surface area contributed by atoms with E-state index >= 15 is 0 Å². The lowest BCUT2D eigenvalue weighted by atomic mass is 9.98. The van der Waals surface area contributed by atoms with Crippen molar-refractivity contribution < 1.29 is 9.21 Å². The molecule has 0 fully saturated rings. The third kappa shape index (κ3) is 1.72. The number of carbonyl (C=O) groups excluding carboxylic acids is 1. The Labute approximate surface area is 105 Å². The molecule has 0 spiro atoms. The zero-order valence-corrected chi connectivity index (χ0v) is 10.0. The van der Waals surface area contributed by atoms with Crippen molar-refractivity contribution in [3.05, 3.63) is 71.5 Å². The number of hydrogen-bond donors (Lipinski definition) is 0. The van der Waals surface area contributed by atoms with Gasteiger partial charge in [0.15, 0.2) is 5.78 Å². The van der Waals surface area contributed by atoms with Crippen molar-refractivity contribution in [1.82, 2.24) is 0 Å². The van der Waals surface area contributed by atoms with Crippen LogP contribution in [0.15, 0.2) is 59.2 Å². The zero-order valence-electron chi connectivity index (χ0n) is 10.0. The van der Waals surface area contributed by atoms with Crippen LogP contribution in [0.5, 0.6) is 0 Å². The second kappa shape index (κ2) is 4.15. The molecule has 2 aromatic carbocycles. The SMILES string of the molecule is Cc1ccccc1C(=O)c1ccc2occc2c1. The minimum absolute atomic E-state index is 0.0520. The van der Waals surface area contributed by atoms with Crippen molar-refractivity contribution >= 4 is 16.8 Å². The predicted molar refractivity (Wildman–Crippen MR) is 70.8 cm³/mol. The van der Waals surface area contributed by atoms with Crippen LogP contribution >= 0.6 is 0 Å². The van der Waals surface area contributed by atoms with Gasteiger partial charge in [0, 0.05) is 16.5 Å². The van der Waals surface area contributed by atoms with Crippen LogP contribution in [0.25, 0.3) is 11.0 Å². The van der Waals surface area contributed by atoms with Crippen molar-refractivity contribution in [3.63, 3.8) is 0 Å². The fraction of sp³-hybridized carbons (Fsp3) is 0.0625. The van der Waals surface area contributed by atoms with Gasteiger partial charge in [-0.1, -0.05) is 24.3 Å². The van der Waals surface area contributed by atoms with Gasteiger partial charge in [-0.05, 0) is 36.8 Å². The third-order valence-electron chi connectivity index (χ3n) is 3.10. The van der Waals surface area contributed by atoms with Crippen LogP contribution in [0.4, 0.5) is 0 Å². The minimum atomic E-state index is 0.0520. The van der Waals surface area contributed by atoms with Gasteiger partial charge in [-0.3, -0.25) is 4.79 Å². The molecule has 0 saturated heterocycles. The van der Waals surface area contributed by atoms with Gasteiger partial charge in [0.05, 0.1) is 6.26 Å². The lowest BCUT2D eigenvalue weighted by Crippen LogP contribution is -2.03. The van der Waals surface area contributed by atoms with Crippen molar-refractivity contribution in [2.75, 3.05) is 0 Å². The molecule has 1 heterocycles. The van der Waals surface area contributed by atoms with E-state index in [9.17, 15) is 4.79 Å². The standard InChI is InChI=1S/C16H12O2/c1-11-4-2-3-5-14(11)16(17)13-6-7-15-12(10-13)8-9-18-15/h2-10H,1H3. The van der Waals surface area contributed by atoms with E-state index in [0.717, 1.165) is 22.1 Å². The minimum Gasteiger partial charge on any atom is -0.464 e. The average Bonchev–Trinajstić information content (AvgIpc) is 2.85. The summed E-state index contributed by atoms with van der Waals surface area (Å²) in [6.45, 7) is 1.95. The molecule has 88 valence electrons. The maximum atomic E-state index is 12.4. The van der Waals surface area contributed by atoms with Crippen LogP contribution in [0.2, 0.25) is 0 Å². The van der Waals surface area contributed by atoms with Gasteiger partial charge in [-0.25, -0.2) is 0 Å². The van der Waals surface area contributed by atoms with E-state index in [-0.39, 0.29) is 5.78 Å². The molecular weight excluding hydrogens is 224 g/mol. The third-order valence-corrected chi connectivity index (χ3v) is 3.10. The molecule has 0 N–H and O–H groups in total. The maximum Gasteiger partial charge on any atom is 0.193 e. The largest absolute Gasteiger partial charge is 0.464 e. The van der Waals surface area contributed by atoms with E-state index in [1.165, 1.54) is 0 Å². The lowest BCUT2D eigenvalue weighted by Gasteiger charge is -2.04. The molecule has 0 aliphatic heterocycles. The summed E-state index contributed by atoms with van der Waals surface area (Å²) in [6.07, 6.45) is 1.63. The Morgan fingerprint density at radius 3 is 2.72 bits per heavy atom. The number of benzene rings is 2. The highest BCUT2D eigenvalue weighted by atomic mass is 16.3. The topological polar surface area (TPSA) is 30.2 Å². The van der Waals surface area contributed by atoms with Crippen molar-refractivity contribution in [3.8, 4) is 0 Å². The van der Waals surface area contributed by atoms with E-state index < -0.39 is 0 Å². The molecule has 0 saturated carbocycles. The van der Waals surface area contributed by atoms with E-state index in [1.54, 1.807) is 12.3 Å². The summed E-state index contributed by atoms with van der Waals surface area (Å²) in [5.41, 5.74) is 3.24. The Balaban J connectivity index is 2.09. The summed E-state index contributed by atoms with van der Waals surface area (Å²) in [4.78, 5) is 12.4. The first-order valence-electron chi connectivity index (χ1n) is 5.83. The number of rotatable bonds is 2. The smallest absolute Gasteiger partial charge is 0.193 e. The summed E-state index contributed by atoms with van der Waals surface area (Å²) in [6, 6.07) is 15.0. The Morgan fingerprint density at radius 2 is 1.89 bits per heavy atom. The van der Waals surface area contributed by atoms with Gasteiger partial charge in [0.25, 0.3) is 0 Å². The highest BCUT2D eigenvalue weighted by Gasteiger charge is 2.11. The van der Waals surface area contributed by atoms with Gasteiger partial charge in [-0.15, -0.1) is 0 Å². The zero-order chi connectivity index (χ0) is 12.5. The van der Waals surface area contributed by atoms with Crippen LogP contribution in [0.1, 0.15) is 21.5 Å². The molecule has 2 heteroatoms. The van der Waals surface area contributed by atoms with Gasteiger partial charge in [0.1, 0.15) is 5.58 Å². The number of fused-ring (bicyclic) bond motifs is 1. The second-order valence-corrected chi connectivity index (χ2v) is 4.32. The van der Waals surface area contributed by atoms with Crippen LogP contribution in [0, 0.1) is 6.92 Å². The first-order chi connectivity index (χ1) is 8.75. The molecule has 0 aliphatic carbocycles. The Hall–Kier alpha value is -2.35. The first kappa shape index (κ1) is 10.8. The predicted octanol–water partition coefficient (Wildman–Crippen LogP) is 3.97. The molecule has 0 aliphatic rings. The van der Waals surface area contributed by atoms with Gasteiger partial charge in [0.2, 0.25) is 0 Å². The summed E-state index contributed by atoms with van der Waals surface area (Å²) in [7, 11) is 0. The van der Waals surface area contributed by atoms with E-state index in [0.29, 0.717) is 5.56 Å². The van der Waals surface area contributed by atoms with E-state index in [2.05, 4.69) is 0 Å². The van der Waals surface area contributed by atoms with Gasteiger partial charge in [-0.2, -0.15) is 0 Å². The molecular formula is C16H12O2. The fourth-order valence-corrected chi connectivity index (χ4v) is 2.09. The molecule has 3 rings (SSSR count). The average molecular weight is 236 g/mol. The molecule has 3 aromatic rings. The number of ketones is 1. The van der Waals surface area contributed by atoms with E-state index in [4.69, 9.17) is 4.42 Å². The monoisotopic (exact) mass is 236 g/mol. The molecule has 2 nitrogen and oxygen atoms in total. The molecule has 1 aromatic heterocycles. The molecule has 0 radical (unpaired) electrons. The quantitative estimate of drug-likeness (QED) is 0.630. The Bertz CT molecular complexity index is 723. The Morgan fingerprint density at radius 1 is 1.06 bits per heavy atom. The maximum absolute atomic E-state index is 12.4. The Kier molecular flexibility index (Phi) is 2.49. The summed E-state index contributed by atoms with van der Waals surface area (Å²) < 4.78 is 5.27. The van der Waals surface area contributed by atoms with Gasteiger partial charge >= 0.3 is 0 Å². The van der Waals surface area contributed by atoms with Crippen LogP contribution in [-0.4, -0.2) is 5.78 Å². The van der Waals surface area contributed by atoms with Crippen LogP contribution in [-0.2, 0) is 0 Å². The summed E-state index contributed by atoms with van der Waals surface area (Å²) in [5.74, 6) is 0.0520. The highest BCUT2D eigenvalue weighted by Crippen LogP contribution is 2.20. The fourth-order valence-electron chi connectivity index (χ4n) is 2.09. The van der Waals surface area contributed by atoms with Crippen molar-refractivity contribution in [2.45, 2.75) is 6.92 Å². The first-order valence-corrected chi connectivity index (χ1v) is 5.83. The second-order valence-electron chi connectivity index (χ2n) is 4.32. The molecule has 0 atom stereocenters. The van der Waals surface area contributed by atoms with Crippen LogP contribution < -0.4 is 0 Å². The number of furan rings is 1. The molecule has 0 amide bonds. The number of hydrogen-bond acceptors (Lipinski definition) is 2. The molecule has 0 bridgehead atoms. The number of aryl methyl sites for hydroxylation is 1. The van der Waals surface area contributed by atoms with Gasteiger partial charge < -0.3 is 4.42 Å². The normalized spacial score (nSPS) is 10.7. The van der Waals surface area contributed by atoms with Crippen molar-refractivity contribution in [1.29, 1.82) is 0 Å². The lowest BCUT2D eigenvalue weighted by molar-refractivity contribution is 0.103.